The minimum absolute atomic E-state index is 0.314. The van der Waals surface area contributed by atoms with Crippen molar-refractivity contribution in [2.75, 3.05) is 11.5 Å². The van der Waals surface area contributed by atoms with E-state index in [0.717, 1.165) is 0 Å². The van der Waals surface area contributed by atoms with Gasteiger partial charge in [-0.2, -0.15) is 0 Å². The van der Waals surface area contributed by atoms with E-state index >= 15 is 0 Å². The van der Waals surface area contributed by atoms with Crippen molar-refractivity contribution in [3.05, 3.63) is 0 Å². The van der Waals surface area contributed by atoms with Gasteiger partial charge >= 0.3 is 0 Å². The van der Waals surface area contributed by atoms with Gasteiger partial charge in [0.05, 0.1) is 16.9 Å². The van der Waals surface area contributed by atoms with E-state index in [4.69, 9.17) is 22.3 Å². The minimum Gasteiger partial charge on any atom is -0.229 e. The van der Waals surface area contributed by atoms with Gasteiger partial charge in [-0.3, -0.25) is 0 Å². The molecule has 1 rings (SSSR count). The lowest BCUT2D eigenvalue weighted by Crippen LogP contribution is -2.25. The van der Waals surface area contributed by atoms with E-state index in [9.17, 15) is 16.8 Å². The van der Waals surface area contributed by atoms with Crippen molar-refractivity contribution in [3.8, 4) is 0 Å². The Morgan fingerprint density at radius 2 is 1.75 bits per heavy atom. The lowest BCUT2D eigenvalue weighted by atomic mass is 10.4. The van der Waals surface area contributed by atoms with Crippen LogP contribution in [-0.2, 0) is 18.9 Å². The van der Waals surface area contributed by atoms with Gasteiger partial charge < -0.3 is 0 Å². The molecule has 0 aliphatic carbocycles. The second kappa shape index (κ2) is 3.01. The van der Waals surface area contributed by atoms with Gasteiger partial charge in [0.1, 0.15) is 5.25 Å². The molecule has 1 aliphatic heterocycles. The first kappa shape index (κ1) is 10.6. The summed E-state index contributed by atoms with van der Waals surface area (Å²) in [5.41, 5.74) is 0. The van der Waals surface area contributed by atoms with Gasteiger partial charge in [-0.25, -0.2) is 16.8 Å². The highest BCUT2D eigenvalue weighted by atomic mass is 35.7. The normalized spacial score (nSPS) is 35.2. The number of alkyl halides is 1. The Labute approximate surface area is 80.2 Å². The fraction of sp³-hybridized carbons (Fsp3) is 1.00. The van der Waals surface area contributed by atoms with Crippen LogP contribution in [0.1, 0.15) is 0 Å². The predicted octanol–water partition coefficient (Wildman–Crippen LogP) is -0.0406. The van der Waals surface area contributed by atoms with Crippen LogP contribution in [0.3, 0.4) is 0 Å². The third-order valence-electron chi connectivity index (χ3n) is 1.60. The molecule has 0 amide bonds. The zero-order valence-electron chi connectivity index (χ0n) is 5.77. The molecule has 2 atom stereocenters. The zero-order chi connectivity index (χ0) is 9.57. The van der Waals surface area contributed by atoms with Gasteiger partial charge in [0.2, 0.25) is 9.05 Å². The Morgan fingerprint density at radius 1 is 1.25 bits per heavy atom. The van der Waals surface area contributed by atoms with Crippen molar-refractivity contribution in [3.63, 3.8) is 0 Å². The van der Waals surface area contributed by atoms with E-state index in [1.165, 1.54) is 0 Å². The van der Waals surface area contributed by atoms with E-state index in [-0.39, 0.29) is 5.75 Å². The maximum atomic E-state index is 10.9. The highest BCUT2D eigenvalue weighted by molar-refractivity contribution is 8.15. The molecule has 1 aliphatic rings. The number of hydrogen-bond donors (Lipinski definition) is 0. The molecule has 0 unspecified atom stereocenters. The smallest absolute Gasteiger partial charge is 0.229 e. The Kier molecular flexibility index (Phi) is 2.65. The highest BCUT2D eigenvalue weighted by Gasteiger charge is 2.43. The second-order valence-electron chi connectivity index (χ2n) is 2.61. The lowest BCUT2D eigenvalue weighted by molar-refractivity contribution is 0.594. The van der Waals surface area contributed by atoms with Crippen LogP contribution in [0.2, 0.25) is 0 Å². The summed E-state index contributed by atoms with van der Waals surface area (Å²) < 4.78 is 43.3. The topological polar surface area (TPSA) is 68.3 Å². The van der Waals surface area contributed by atoms with Crippen molar-refractivity contribution in [2.24, 2.45) is 0 Å². The van der Waals surface area contributed by atoms with Gasteiger partial charge in [-0.05, 0) is 0 Å². The van der Waals surface area contributed by atoms with Crippen molar-refractivity contribution < 1.29 is 16.8 Å². The van der Waals surface area contributed by atoms with E-state index in [0.29, 0.717) is 0 Å². The van der Waals surface area contributed by atoms with Crippen LogP contribution in [-0.4, -0.2) is 39.0 Å². The van der Waals surface area contributed by atoms with E-state index in [2.05, 4.69) is 0 Å². The van der Waals surface area contributed by atoms with Crippen LogP contribution in [0.25, 0.3) is 0 Å². The highest BCUT2D eigenvalue weighted by Crippen LogP contribution is 2.26. The van der Waals surface area contributed by atoms with Gasteiger partial charge in [-0.15, -0.1) is 11.6 Å². The van der Waals surface area contributed by atoms with Crippen LogP contribution < -0.4 is 0 Å². The zero-order valence-corrected chi connectivity index (χ0v) is 8.92. The van der Waals surface area contributed by atoms with E-state index in [1.807, 2.05) is 0 Å². The first-order chi connectivity index (χ1) is 5.22. The van der Waals surface area contributed by atoms with Crippen LogP contribution >= 0.6 is 22.3 Å². The molecule has 0 saturated carbocycles. The van der Waals surface area contributed by atoms with Crippen molar-refractivity contribution in [1.29, 1.82) is 0 Å². The molecule has 0 spiro atoms. The molecular weight excluding hydrogens is 247 g/mol. The summed E-state index contributed by atoms with van der Waals surface area (Å²) in [6.07, 6.45) is 0. The van der Waals surface area contributed by atoms with E-state index < -0.39 is 35.3 Å². The fourth-order valence-corrected chi connectivity index (χ4v) is 6.63. The molecule has 8 heteroatoms. The first-order valence-electron chi connectivity index (χ1n) is 3.00. The average Bonchev–Trinajstić information content (AvgIpc) is 2.03. The molecule has 0 radical (unpaired) electrons. The Morgan fingerprint density at radius 3 is 1.92 bits per heavy atom. The first-order valence-corrected chi connectivity index (χ1v) is 7.63. The minimum atomic E-state index is -3.86. The number of hydrogen-bond acceptors (Lipinski definition) is 4. The summed E-state index contributed by atoms with van der Waals surface area (Å²) in [6, 6.07) is 0. The monoisotopic (exact) mass is 252 g/mol. The second-order valence-corrected chi connectivity index (χ2v) is 8.17. The Balaban J connectivity index is 3.01. The average molecular weight is 253 g/mol. The third kappa shape index (κ3) is 2.25. The van der Waals surface area contributed by atoms with Gasteiger partial charge in [0.15, 0.2) is 9.84 Å². The lowest BCUT2D eigenvalue weighted by Gasteiger charge is -2.05. The molecule has 0 aromatic rings. The van der Waals surface area contributed by atoms with Crippen molar-refractivity contribution in [1.82, 2.24) is 0 Å². The summed E-state index contributed by atoms with van der Waals surface area (Å²) in [5.74, 6) is -0.780. The number of halogens is 2. The van der Waals surface area contributed by atoms with Crippen LogP contribution in [0.5, 0.6) is 0 Å². The maximum absolute atomic E-state index is 10.9. The molecule has 72 valence electrons. The maximum Gasteiger partial charge on any atom is 0.237 e. The quantitative estimate of drug-likeness (QED) is 0.485. The predicted molar refractivity (Wildman–Crippen MR) is 46.9 cm³/mol. The van der Waals surface area contributed by atoms with Crippen molar-refractivity contribution >= 4 is 41.2 Å². The van der Waals surface area contributed by atoms with E-state index in [1.54, 1.807) is 0 Å². The summed E-state index contributed by atoms with van der Waals surface area (Å²) in [4.78, 5) is 0. The standard InChI is InChI=1S/C4H6Cl2O4S2/c5-3-1-11(7,8)2-4(3)12(6,9)10/h3-4H,1-2H2/t3-,4-/m0/s1. The van der Waals surface area contributed by atoms with Gasteiger partial charge in [0, 0.05) is 10.7 Å². The summed E-state index contributed by atoms with van der Waals surface area (Å²) in [5, 5.41) is -2.08. The summed E-state index contributed by atoms with van der Waals surface area (Å²) in [7, 11) is -2.20. The largest absolute Gasteiger partial charge is 0.237 e. The Bertz CT molecular complexity index is 370. The SMILES string of the molecule is O=S1(=O)C[C@H](Cl)[C@@H](S(=O)(=O)Cl)C1. The number of sulfone groups is 1. The molecule has 0 aromatic heterocycles. The molecule has 12 heavy (non-hydrogen) atoms. The molecule has 1 fully saturated rings. The molecule has 0 N–H and O–H groups in total. The Hall–Kier alpha value is 0.480. The fourth-order valence-electron chi connectivity index (χ4n) is 1.03. The molecule has 1 heterocycles. The van der Waals surface area contributed by atoms with Gasteiger partial charge in [0.25, 0.3) is 0 Å². The van der Waals surface area contributed by atoms with Crippen LogP contribution in [0, 0.1) is 0 Å². The molecule has 1 saturated heterocycles. The molecular formula is C4H6Cl2O4S2. The molecule has 0 aromatic carbocycles. The molecule has 0 bridgehead atoms. The molecule has 4 nitrogen and oxygen atoms in total. The number of rotatable bonds is 1. The van der Waals surface area contributed by atoms with Crippen LogP contribution in [0.15, 0.2) is 0 Å². The summed E-state index contributed by atoms with van der Waals surface area (Å²) in [6.45, 7) is 0. The summed E-state index contributed by atoms with van der Waals surface area (Å²) >= 11 is 5.50. The van der Waals surface area contributed by atoms with Crippen LogP contribution in [0.4, 0.5) is 0 Å². The van der Waals surface area contributed by atoms with Crippen molar-refractivity contribution in [2.45, 2.75) is 10.6 Å². The third-order valence-corrected chi connectivity index (χ3v) is 6.24. The van der Waals surface area contributed by atoms with Gasteiger partial charge in [-0.1, -0.05) is 0 Å².